The van der Waals surface area contributed by atoms with Gasteiger partial charge in [-0.15, -0.1) is 0 Å². The molecule has 0 bridgehead atoms. The maximum atomic E-state index is 8.50. The first-order chi connectivity index (χ1) is 6.29. The second-order valence-electron chi connectivity index (χ2n) is 3.04. The minimum atomic E-state index is 0.376. The van der Waals surface area contributed by atoms with E-state index in [0.717, 1.165) is 11.3 Å². The minimum Gasteiger partial charge on any atom is -0.307 e. The van der Waals surface area contributed by atoms with Gasteiger partial charge in [-0.3, -0.25) is 0 Å². The molecule has 2 aromatic rings. The van der Waals surface area contributed by atoms with Crippen molar-refractivity contribution in [3.8, 4) is 6.07 Å². The van der Waals surface area contributed by atoms with E-state index in [1.807, 2.05) is 35.9 Å². The summed E-state index contributed by atoms with van der Waals surface area (Å²) in [6.45, 7) is 2.03. The van der Waals surface area contributed by atoms with Crippen LogP contribution in [-0.4, -0.2) is 9.38 Å². The van der Waals surface area contributed by atoms with Crippen molar-refractivity contribution in [3.63, 3.8) is 0 Å². The number of imidazole rings is 1. The number of aromatic nitrogens is 2. The third-order valence-corrected chi connectivity index (χ3v) is 1.93. The Hall–Kier alpha value is -1.82. The van der Waals surface area contributed by atoms with Crippen LogP contribution in [0.1, 0.15) is 11.3 Å². The second kappa shape index (κ2) is 2.91. The molecule has 0 fully saturated rings. The molecule has 0 radical (unpaired) electrons. The van der Waals surface area contributed by atoms with E-state index in [4.69, 9.17) is 5.26 Å². The van der Waals surface area contributed by atoms with Crippen molar-refractivity contribution in [3.05, 3.63) is 35.8 Å². The first-order valence-electron chi connectivity index (χ1n) is 4.11. The minimum absolute atomic E-state index is 0.376. The second-order valence-corrected chi connectivity index (χ2v) is 3.04. The Kier molecular flexibility index (Phi) is 1.75. The van der Waals surface area contributed by atoms with Crippen molar-refractivity contribution < 1.29 is 0 Å². The van der Waals surface area contributed by atoms with E-state index in [-0.39, 0.29) is 0 Å². The first kappa shape index (κ1) is 7.81. The van der Waals surface area contributed by atoms with Gasteiger partial charge in [0.1, 0.15) is 5.65 Å². The van der Waals surface area contributed by atoms with Crippen LogP contribution in [0.5, 0.6) is 0 Å². The number of nitriles is 1. The van der Waals surface area contributed by atoms with E-state index in [9.17, 15) is 0 Å². The fraction of sp³-hybridized carbons (Fsp3) is 0.200. The van der Waals surface area contributed by atoms with Gasteiger partial charge in [0.2, 0.25) is 0 Å². The molecular weight excluding hydrogens is 162 g/mol. The van der Waals surface area contributed by atoms with Crippen LogP contribution in [0.2, 0.25) is 0 Å². The SMILES string of the molecule is Cc1ccn2cc(CC#N)nc2c1. The van der Waals surface area contributed by atoms with E-state index in [0.29, 0.717) is 6.42 Å². The lowest BCUT2D eigenvalue weighted by Crippen LogP contribution is -1.81. The van der Waals surface area contributed by atoms with Gasteiger partial charge in [0.15, 0.2) is 0 Å². The van der Waals surface area contributed by atoms with E-state index in [1.54, 1.807) is 0 Å². The number of aryl methyl sites for hydroxylation is 1. The van der Waals surface area contributed by atoms with Crippen LogP contribution in [0.25, 0.3) is 5.65 Å². The Balaban J connectivity index is 2.57. The zero-order valence-corrected chi connectivity index (χ0v) is 7.36. The molecule has 0 aliphatic rings. The Morgan fingerprint density at radius 3 is 3.23 bits per heavy atom. The molecule has 0 unspecified atom stereocenters. The zero-order chi connectivity index (χ0) is 9.26. The summed E-state index contributed by atoms with van der Waals surface area (Å²) in [6.07, 6.45) is 4.22. The van der Waals surface area contributed by atoms with Crippen LogP contribution in [0.4, 0.5) is 0 Å². The molecule has 3 heteroatoms. The van der Waals surface area contributed by atoms with Gasteiger partial charge in [0, 0.05) is 12.4 Å². The third kappa shape index (κ3) is 1.38. The van der Waals surface area contributed by atoms with Gasteiger partial charge in [-0.25, -0.2) is 4.98 Å². The summed E-state index contributed by atoms with van der Waals surface area (Å²) in [4.78, 5) is 4.30. The Bertz CT molecular complexity index is 476. The Morgan fingerprint density at radius 1 is 1.62 bits per heavy atom. The number of hydrogen-bond acceptors (Lipinski definition) is 2. The largest absolute Gasteiger partial charge is 0.307 e. The van der Waals surface area contributed by atoms with Crippen LogP contribution in [-0.2, 0) is 6.42 Å². The highest BCUT2D eigenvalue weighted by molar-refractivity contribution is 5.42. The highest BCUT2D eigenvalue weighted by Gasteiger charge is 1.99. The van der Waals surface area contributed by atoms with Crippen LogP contribution in [0, 0.1) is 18.3 Å². The quantitative estimate of drug-likeness (QED) is 0.655. The van der Waals surface area contributed by atoms with Gasteiger partial charge in [-0.2, -0.15) is 5.26 Å². The fourth-order valence-corrected chi connectivity index (χ4v) is 1.30. The number of nitrogens with zero attached hydrogens (tertiary/aromatic N) is 3. The van der Waals surface area contributed by atoms with Crippen molar-refractivity contribution in [1.29, 1.82) is 5.26 Å². The summed E-state index contributed by atoms with van der Waals surface area (Å²) >= 11 is 0. The molecule has 0 spiro atoms. The zero-order valence-electron chi connectivity index (χ0n) is 7.36. The number of rotatable bonds is 1. The Morgan fingerprint density at radius 2 is 2.46 bits per heavy atom. The van der Waals surface area contributed by atoms with Gasteiger partial charge in [-0.05, 0) is 24.6 Å². The molecule has 3 nitrogen and oxygen atoms in total. The summed E-state index contributed by atoms with van der Waals surface area (Å²) in [7, 11) is 0. The van der Waals surface area contributed by atoms with Crippen LogP contribution < -0.4 is 0 Å². The van der Waals surface area contributed by atoms with Gasteiger partial charge in [-0.1, -0.05) is 0 Å². The summed E-state index contributed by atoms with van der Waals surface area (Å²) in [5, 5.41) is 8.50. The van der Waals surface area contributed by atoms with Crippen molar-refractivity contribution in [1.82, 2.24) is 9.38 Å². The molecule has 0 saturated heterocycles. The lowest BCUT2D eigenvalue weighted by Gasteiger charge is -1.92. The average Bonchev–Trinajstić information content (AvgIpc) is 2.46. The lowest BCUT2D eigenvalue weighted by atomic mass is 10.3. The van der Waals surface area contributed by atoms with Crippen LogP contribution in [0.3, 0.4) is 0 Å². The predicted molar refractivity (Wildman–Crippen MR) is 49.2 cm³/mol. The van der Waals surface area contributed by atoms with Crippen LogP contribution >= 0.6 is 0 Å². The standard InChI is InChI=1S/C10H9N3/c1-8-3-5-13-7-9(2-4-11)12-10(13)6-8/h3,5-7H,2H2,1H3. The Labute approximate surface area is 76.3 Å². The molecular formula is C10H9N3. The number of fused-ring (bicyclic) bond motifs is 1. The predicted octanol–water partition coefficient (Wildman–Crippen LogP) is 1.71. The molecule has 0 N–H and O–H groups in total. The van der Waals surface area contributed by atoms with Crippen molar-refractivity contribution in [2.45, 2.75) is 13.3 Å². The van der Waals surface area contributed by atoms with E-state index in [1.165, 1.54) is 5.56 Å². The van der Waals surface area contributed by atoms with E-state index < -0.39 is 0 Å². The van der Waals surface area contributed by atoms with Gasteiger partial charge >= 0.3 is 0 Å². The summed E-state index contributed by atoms with van der Waals surface area (Å²) < 4.78 is 1.93. The molecule has 0 saturated carbocycles. The monoisotopic (exact) mass is 171 g/mol. The van der Waals surface area contributed by atoms with Gasteiger partial charge < -0.3 is 4.40 Å². The molecule has 0 aliphatic heterocycles. The highest BCUT2D eigenvalue weighted by Crippen LogP contribution is 2.07. The lowest BCUT2D eigenvalue weighted by molar-refractivity contribution is 1.15. The number of hydrogen-bond donors (Lipinski definition) is 0. The van der Waals surface area contributed by atoms with Crippen molar-refractivity contribution in [2.24, 2.45) is 0 Å². The van der Waals surface area contributed by atoms with E-state index >= 15 is 0 Å². The molecule has 0 aliphatic carbocycles. The molecule has 2 heterocycles. The van der Waals surface area contributed by atoms with E-state index in [2.05, 4.69) is 11.1 Å². The molecule has 0 aromatic carbocycles. The van der Waals surface area contributed by atoms with Crippen molar-refractivity contribution >= 4 is 5.65 Å². The molecule has 64 valence electrons. The number of pyridine rings is 1. The summed E-state index contributed by atoms with van der Waals surface area (Å²) in [5.74, 6) is 0. The van der Waals surface area contributed by atoms with Gasteiger partial charge in [0.25, 0.3) is 0 Å². The summed E-state index contributed by atoms with van der Waals surface area (Å²) in [6, 6.07) is 6.10. The smallest absolute Gasteiger partial charge is 0.137 e. The van der Waals surface area contributed by atoms with Crippen LogP contribution in [0.15, 0.2) is 24.5 Å². The molecule has 2 aromatic heterocycles. The molecule has 13 heavy (non-hydrogen) atoms. The third-order valence-electron chi connectivity index (χ3n) is 1.93. The van der Waals surface area contributed by atoms with Crippen molar-refractivity contribution in [2.75, 3.05) is 0 Å². The molecule has 2 rings (SSSR count). The van der Waals surface area contributed by atoms with Gasteiger partial charge in [0.05, 0.1) is 18.2 Å². The maximum Gasteiger partial charge on any atom is 0.137 e. The normalized spacial score (nSPS) is 10.2. The summed E-state index contributed by atoms with van der Waals surface area (Å²) in [5.41, 5.74) is 2.92. The fourth-order valence-electron chi connectivity index (χ4n) is 1.30. The first-order valence-corrected chi connectivity index (χ1v) is 4.11. The molecule has 0 amide bonds. The topological polar surface area (TPSA) is 41.1 Å². The maximum absolute atomic E-state index is 8.50. The highest BCUT2D eigenvalue weighted by atomic mass is 15.0. The average molecular weight is 171 g/mol. The molecule has 0 atom stereocenters.